The van der Waals surface area contributed by atoms with E-state index >= 15 is 0 Å². The molecule has 0 aliphatic rings. The lowest BCUT2D eigenvalue weighted by molar-refractivity contribution is -0.384. The van der Waals surface area contributed by atoms with Crippen LogP contribution in [-0.4, -0.2) is 16.9 Å². The second-order valence-corrected chi connectivity index (χ2v) is 2.92. The summed E-state index contributed by atoms with van der Waals surface area (Å²) in [5, 5.41) is 10.4. The molecular formula is C9H10N2O4. The van der Waals surface area contributed by atoms with Crippen LogP contribution in [0.3, 0.4) is 0 Å². The molecule has 0 aromatic heterocycles. The number of ether oxygens (including phenoxy) is 1. The Balaban J connectivity index is 2.82. The van der Waals surface area contributed by atoms with Crippen molar-refractivity contribution in [1.29, 1.82) is 0 Å². The smallest absolute Gasteiger partial charge is 0.273 e. The van der Waals surface area contributed by atoms with Crippen molar-refractivity contribution < 1.29 is 14.5 Å². The average molecular weight is 210 g/mol. The number of amides is 1. The third-order valence-electron chi connectivity index (χ3n) is 1.74. The summed E-state index contributed by atoms with van der Waals surface area (Å²) in [4.78, 5) is 20.6. The monoisotopic (exact) mass is 210 g/mol. The predicted octanol–water partition coefficient (Wildman–Crippen LogP) is 0.847. The molecule has 15 heavy (non-hydrogen) atoms. The van der Waals surface area contributed by atoms with E-state index in [1.165, 1.54) is 31.2 Å². The van der Waals surface area contributed by atoms with E-state index in [4.69, 9.17) is 10.5 Å². The van der Waals surface area contributed by atoms with Gasteiger partial charge in [-0.2, -0.15) is 0 Å². The van der Waals surface area contributed by atoms with Crippen LogP contribution in [0.2, 0.25) is 0 Å². The van der Waals surface area contributed by atoms with Gasteiger partial charge in [-0.05, 0) is 13.0 Å². The third kappa shape index (κ3) is 2.94. The van der Waals surface area contributed by atoms with Gasteiger partial charge in [0, 0.05) is 6.07 Å². The number of nitro groups is 1. The van der Waals surface area contributed by atoms with Crippen molar-refractivity contribution in [2.75, 3.05) is 0 Å². The van der Waals surface area contributed by atoms with Gasteiger partial charge >= 0.3 is 0 Å². The van der Waals surface area contributed by atoms with Crippen LogP contribution in [0.4, 0.5) is 5.69 Å². The normalized spacial score (nSPS) is 11.8. The molecule has 0 saturated heterocycles. The summed E-state index contributed by atoms with van der Waals surface area (Å²) in [6, 6.07) is 5.56. The predicted molar refractivity (Wildman–Crippen MR) is 52.4 cm³/mol. The van der Waals surface area contributed by atoms with E-state index < -0.39 is 16.9 Å². The fourth-order valence-corrected chi connectivity index (χ4v) is 0.933. The van der Waals surface area contributed by atoms with E-state index in [-0.39, 0.29) is 11.4 Å². The number of hydrogen-bond acceptors (Lipinski definition) is 4. The van der Waals surface area contributed by atoms with Crippen molar-refractivity contribution in [2.24, 2.45) is 5.73 Å². The number of rotatable bonds is 4. The van der Waals surface area contributed by atoms with Gasteiger partial charge in [-0.3, -0.25) is 14.9 Å². The van der Waals surface area contributed by atoms with E-state index in [2.05, 4.69) is 0 Å². The molecule has 6 heteroatoms. The van der Waals surface area contributed by atoms with Gasteiger partial charge in [0.2, 0.25) is 0 Å². The van der Waals surface area contributed by atoms with Gasteiger partial charge in [-0.15, -0.1) is 0 Å². The lowest BCUT2D eigenvalue weighted by atomic mass is 10.3. The van der Waals surface area contributed by atoms with E-state index in [1.807, 2.05) is 0 Å². The molecule has 0 spiro atoms. The molecule has 0 radical (unpaired) electrons. The average Bonchev–Trinajstić information content (AvgIpc) is 2.18. The highest BCUT2D eigenvalue weighted by Crippen LogP contribution is 2.19. The number of carbonyl (C=O) groups is 1. The second-order valence-electron chi connectivity index (χ2n) is 2.92. The number of primary amides is 1. The summed E-state index contributed by atoms with van der Waals surface area (Å²) < 4.78 is 5.09. The topological polar surface area (TPSA) is 95.5 Å². The van der Waals surface area contributed by atoms with Crippen molar-refractivity contribution in [2.45, 2.75) is 13.0 Å². The standard InChI is InChI=1S/C9H10N2O4/c1-6(9(10)12)15-8-4-2-3-7(5-8)11(13)14/h2-6H,1H3,(H2,10,12). The molecule has 0 heterocycles. The zero-order chi connectivity index (χ0) is 11.4. The largest absolute Gasteiger partial charge is 0.481 e. The van der Waals surface area contributed by atoms with Crippen LogP contribution in [0.15, 0.2) is 24.3 Å². The molecular weight excluding hydrogens is 200 g/mol. The van der Waals surface area contributed by atoms with Gasteiger partial charge in [0.15, 0.2) is 6.10 Å². The molecule has 1 aromatic rings. The molecule has 1 rings (SSSR count). The van der Waals surface area contributed by atoms with Gasteiger partial charge in [0.25, 0.3) is 11.6 Å². The quantitative estimate of drug-likeness (QED) is 0.588. The maximum atomic E-state index is 10.7. The first-order valence-electron chi connectivity index (χ1n) is 4.21. The minimum absolute atomic E-state index is 0.0934. The van der Waals surface area contributed by atoms with E-state index in [0.29, 0.717) is 0 Å². The maximum absolute atomic E-state index is 10.7. The number of non-ortho nitro benzene ring substituents is 1. The van der Waals surface area contributed by atoms with Gasteiger partial charge in [0.05, 0.1) is 11.0 Å². The lowest BCUT2D eigenvalue weighted by Gasteiger charge is -2.10. The summed E-state index contributed by atoms with van der Waals surface area (Å²) in [5.74, 6) is -0.378. The summed E-state index contributed by atoms with van der Waals surface area (Å²) in [5.41, 5.74) is 4.89. The van der Waals surface area contributed by atoms with E-state index in [0.717, 1.165) is 0 Å². The Morgan fingerprint density at radius 2 is 2.27 bits per heavy atom. The van der Waals surface area contributed by atoms with Gasteiger partial charge in [-0.25, -0.2) is 0 Å². The first kappa shape index (κ1) is 11.0. The van der Waals surface area contributed by atoms with Crippen LogP contribution in [0.1, 0.15) is 6.92 Å². The first-order chi connectivity index (χ1) is 7.00. The van der Waals surface area contributed by atoms with Crippen molar-refractivity contribution in [3.8, 4) is 5.75 Å². The van der Waals surface area contributed by atoms with Gasteiger partial charge < -0.3 is 10.5 Å². The Labute approximate surface area is 85.8 Å². The highest BCUT2D eigenvalue weighted by atomic mass is 16.6. The van der Waals surface area contributed by atoms with Crippen molar-refractivity contribution >= 4 is 11.6 Å². The van der Waals surface area contributed by atoms with Crippen LogP contribution in [0.5, 0.6) is 5.75 Å². The second kappa shape index (κ2) is 4.41. The number of benzene rings is 1. The Kier molecular flexibility index (Phi) is 3.22. The van der Waals surface area contributed by atoms with Crippen LogP contribution in [0.25, 0.3) is 0 Å². The molecule has 1 atom stereocenters. The highest BCUT2D eigenvalue weighted by molar-refractivity contribution is 5.78. The lowest BCUT2D eigenvalue weighted by Crippen LogP contribution is -2.30. The molecule has 0 aliphatic heterocycles. The molecule has 0 bridgehead atoms. The molecule has 0 saturated carbocycles. The Morgan fingerprint density at radius 3 is 2.80 bits per heavy atom. The minimum Gasteiger partial charge on any atom is -0.481 e. The Bertz CT molecular complexity index is 391. The molecule has 1 amide bonds. The van der Waals surface area contributed by atoms with Gasteiger partial charge in [0.1, 0.15) is 5.75 Å². The van der Waals surface area contributed by atoms with Crippen LogP contribution < -0.4 is 10.5 Å². The molecule has 1 unspecified atom stereocenters. The number of nitro benzene ring substituents is 1. The third-order valence-corrected chi connectivity index (χ3v) is 1.74. The summed E-state index contributed by atoms with van der Waals surface area (Å²) in [6.07, 6.45) is -0.813. The zero-order valence-corrected chi connectivity index (χ0v) is 8.04. The van der Waals surface area contributed by atoms with Crippen molar-refractivity contribution in [3.05, 3.63) is 34.4 Å². The highest BCUT2D eigenvalue weighted by Gasteiger charge is 2.12. The maximum Gasteiger partial charge on any atom is 0.273 e. The molecule has 6 nitrogen and oxygen atoms in total. The summed E-state index contributed by atoms with van der Waals surface area (Å²) >= 11 is 0. The summed E-state index contributed by atoms with van der Waals surface area (Å²) in [7, 11) is 0. The number of nitrogens with zero attached hydrogens (tertiary/aromatic N) is 1. The van der Waals surface area contributed by atoms with Crippen LogP contribution >= 0.6 is 0 Å². The van der Waals surface area contributed by atoms with E-state index in [9.17, 15) is 14.9 Å². The minimum atomic E-state index is -0.813. The Hall–Kier alpha value is -2.11. The van der Waals surface area contributed by atoms with Crippen molar-refractivity contribution in [1.82, 2.24) is 0 Å². The van der Waals surface area contributed by atoms with Gasteiger partial charge in [-0.1, -0.05) is 6.07 Å². The first-order valence-corrected chi connectivity index (χ1v) is 4.21. The fraction of sp³-hybridized carbons (Fsp3) is 0.222. The van der Waals surface area contributed by atoms with Crippen LogP contribution in [-0.2, 0) is 4.79 Å². The number of nitrogens with two attached hydrogens (primary N) is 1. The zero-order valence-electron chi connectivity index (χ0n) is 8.04. The molecule has 1 aromatic carbocycles. The SMILES string of the molecule is CC(Oc1cccc([N+](=O)[O-])c1)C(N)=O. The summed E-state index contributed by atoms with van der Waals surface area (Å²) in [6.45, 7) is 1.47. The Morgan fingerprint density at radius 1 is 1.60 bits per heavy atom. The number of hydrogen-bond donors (Lipinski definition) is 1. The molecule has 0 fully saturated rings. The van der Waals surface area contributed by atoms with E-state index in [1.54, 1.807) is 0 Å². The molecule has 80 valence electrons. The molecule has 0 aliphatic carbocycles. The fourth-order valence-electron chi connectivity index (χ4n) is 0.933. The number of carbonyl (C=O) groups excluding carboxylic acids is 1. The molecule has 2 N–H and O–H groups in total. The van der Waals surface area contributed by atoms with Crippen molar-refractivity contribution in [3.63, 3.8) is 0 Å². The van der Waals surface area contributed by atoms with Crippen LogP contribution in [0, 0.1) is 10.1 Å².